The third-order valence-electron chi connectivity index (χ3n) is 3.94. The van der Waals surface area contributed by atoms with Crippen molar-refractivity contribution in [3.8, 4) is 0 Å². The molecule has 2 nitrogen and oxygen atoms in total. The maximum atomic E-state index is 4.07. The molecule has 0 amide bonds. The maximum Gasteiger partial charge on any atom is 0.0270 e. The lowest BCUT2D eigenvalue weighted by Crippen LogP contribution is -2.32. The zero-order valence-corrected chi connectivity index (χ0v) is 10.3. The first-order valence-corrected chi connectivity index (χ1v) is 6.43. The van der Waals surface area contributed by atoms with Gasteiger partial charge in [0.2, 0.25) is 0 Å². The van der Waals surface area contributed by atoms with Crippen LogP contribution in [0.3, 0.4) is 0 Å². The second kappa shape index (κ2) is 5.44. The molecule has 2 heteroatoms. The van der Waals surface area contributed by atoms with Crippen LogP contribution in [-0.4, -0.2) is 17.6 Å². The van der Waals surface area contributed by atoms with Crippen molar-refractivity contribution >= 4 is 0 Å². The van der Waals surface area contributed by atoms with Gasteiger partial charge in [0.25, 0.3) is 0 Å². The Balaban J connectivity index is 1.92. The van der Waals surface area contributed by atoms with E-state index >= 15 is 0 Å². The van der Waals surface area contributed by atoms with E-state index in [1.807, 2.05) is 12.4 Å². The molecule has 3 atom stereocenters. The van der Waals surface area contributed by atoms with Crippen LogP contribution in [0.1, 0.15) is 32.3 Å². The molecule has 16 heavy (non-hydrogen) atoms. The molecule has 1 aliphatic rings. The van der Waals surface area contributed by atoms with Gasteiger partial charge >= 0.3 is 0 Å². The van der Waals surface area contributed by atoms with Gasteiger partial charge in [-0.1, -0.05) is 13.8 Å². The SMILES string of the molecule is CCNC1CCC(Cc2ccncc2)C1C. The maximum absolute atomic E-state index is 4.07. The molecule has 1 aromatic heterocycles. The van der Waals surface area contributed by atoms with Gasteiger partial charge in [-0.25, -0.2) is 0 Å². The minimum Gasteiger partial charge on any atom is -0.314 e. The Bertz CT molecular complexity index is 310. The molecule has 1 heterocycles. The van der Waals surface area contributed by atoms with Crippen LogP contribution >= 0.6 is 0 Å². The van der Waals surface area contributed by atoms with E-state index in [9.17, 15) is 0 Å². The van der Waals surface area contributed by atoms with Gasteiger partial charge in [0, 0.05) is 18.4 Å². The monoisotopic (exact) mass is 218 g/mol. The third kappa shape index (κ3) is 2.62. The fourth-order valence-corrected chi connectivity index (χ4v) is 2.91. The van der Waals surface area contributed by atoms with E-state index in [1.54, 1.807) is 0 Å². The van der Waals surface area contributed by atoms with E-state index in [1.165, 1.54) is 24.8 Å². The van der Waals surface area contributed by atoms with Crippen LogP contribution in [0.25, 0.3) is 0 Å². The highest BCUT2D eigenvalue weighted by Crippen LogP contribution is 2.34. The molecular formula is C14H22N2. The van der Waals surface area contributed by atoms with Crippen molar-refractivity contribution in [2.24, 2.45) is 11.8 Å². The highest BCUT2D eigenvalue weighted by Gasteiger charge is 2.31. The molecule has 1 fully saturated rings. The standard InChI is InChI=1S/C14H22N2/c1-3-16-14-5-4-13(11(14)2)10-12-6-8-15-9-7-12/h6-9,11,13-14,16H,3-5,10H2,1-2H3. The average Bonchev–Trinajstić information content (AvgIpc) is 2.64. The van der Waals surface area contributed by atoms with Gasteiger partial charge in [0.05, 0.1) is 0 Å². The van der Waals surface area contributed by atoms with Gasteiger partial charge in [-0.05, 0) is 55.3 Å². The molecule has 0 aliphatic heterocycles. The Morgan fingerprint density at radius 3 is 2.75 bits per heavy atom. The summed E-state index contributed by atoms with van der Waals surface area (Å²) in [5, 5.41) is 3.60. The van der Waals surface area contributed by atoms with Crippen molar-refractivity contribution in [2.75, 3.05) is 6.54 Å². The summed E-state index contributed by atoms with van der Waals surface area (Å²) < 4.78 is 0. The first-order chi connectivity index (χ1) is 7.81. The van der Waals surface area contributed by atoms with Crippen molar-refractivity contribution < 1.29 is 0 Å². The summed E-state index contributed by atoms with van der Waals surface area (Å²) in [5.41, 5.74) is 1.43. The molecule has 1 aromatic rings. The molecule has 3 unspecified atom stereocenters. The summed E-state index contributed by atoms with van der Waals surface area (Å²) in [5.74, 6) is 1.64. The van der Waals surface area contributed by atoms with Crippen LogP contribution in [0.5, 0.6) is 0 Å². The summed E-state index contributed by atoms with van der Waals surface area (Å²) in [4.78, 5) is 4.07. The van der Waals surface area contributed by atoms with Crippen LogP contribution < -0.4 is 5.32 Å². The molecule has 1 aliphatic carbocycles. The summed E-state index contributed by atoms with van der Waals surface area (Å²) in [6, 6.07) is 5.03. The Morgan fingerprint density at radius 2 is 2.06 bits per heavy atom. The summed E-state index contributed by atoms with van der Waals surface area (Å²) in [6.45, 7) is 5.69. The molecule has 1 saturated carbocycles. The van der Waals surface area contributed by atoms with Gasteiger partial charge in [0.15, 0.2) is 0 Å². The molecule has 2 rings (SSSR count). The van der Waals surface area contributed by atoms with E-state index in [-0.39, 0.29) is 0 Å². The molecule has 88 valence electrons. The van der Waals surface area contributed by atoms with E-state index in [0.717, 1.165) is 24.4 Å². The van der Waals surface area contributed by atoms with Crippen LogP contribution in [0.2, 0.25) is 0 Å². The third-order valence-corrected chi connectivity index (χ3v) is 3.94. The Kier molecular flexibility index (Phi) is 3.94. The highest BCUT2D eigenvalue weighted by molar-refractivity contribution is 5.11. The topological polar surface area (TPSA) is 24.9 Å². The molecule has 1 N–H and O–H groups in total. The lowest BCUT2D eigenvalue weighted by atomic mass is 9.90. The van der Waals surface area contributed by atoms with Crippen LogP contribution in [-0.2, 0) is 6.42 Å². The lowest BCUT2D eigenvalue weighted by molar-refractivity contribution is 0.355. The number of aromatic nitrogens is 1. The van der Waals surface area contributed by atoms with E-state index in [2.05, 4.69) is 36.3 Å². The average molecular weight is 218 g/mol. The van der Waals surface area contributed by atoms with Crippen LogP contribution in [0, 0.1) is 11.8 Å². The second-order valence-electron chi connectivity index (χ2n) is 4.92. The summed E-state index contributed by atoms with van der Waals surface area (Å²) >= 11 is 0. The normalized spacial score (nSPS) is 29.5. The second-order valence-corrected chi connectivity index (χ2v) is 4.92. The van der Waals surface area contributed by atoms with E-state index in [4.69, 9.17) is 0 Å². The highest BCUT2D eigenvalue weighted by atomic mass is 14.9. The Labute approximate surface area is 98.5 Å². The fourth-order valence-electron chi connectivity index (χ4n) is 2.91. The Hall–Kier alpha value is -0.890. The van der Waals surface area contributed by atoms with Crippen LogP contribution in [0.4, 0.5) is 0 Å². The van der Waals surface area contributed by atoms with Gasteiger partial charge in [-0.2, -0.15) is 0 Å². The predicted molar refractivity (Wildman–Crippen MR) is 67.3 cm³/mol. The molecular weight excluding hydrogens is 196 g/mol. The zero-order chi connectivity index (χ0) is 11.4. The van der Waals surface area contributed by atoms with Gasteiger partial charge in [-0.15, -0.1) is 0 Å². The number of nitrogens with zero attached hydrogens (tertiary/aromatic N) is 1. The first kappa shape index (κ1) is 11.6. The van der Waals surface area contributed by atoms with Gasteiger partial charge in [0.1, 0.15) is 0 Å². The Morgan fingerprint density at radius 1 is 1.31 bits per heavy atom. The molecule has 0 radical (unpaired) electrons. The van der Waals surface area contributed by atoms with Crippen molar-refractivity contribution in [3.63, 3.8) is 0 Å². The quantitative estimate of drug-likeness (QED) is 0.840. The van der Waals surface area contributed by atoms with Crippen molar-refractivity contribution in [1.29, 1.82) is 0 Å². The summed E-state index contributed by atoms with van der Waals surface area (Å²) in [7, 11) is 0. The minimum atomic E-state index is 0.733. The molecule has 0 spiro atoms. The lowest BCUT2D eigenvalue weighted by Gasteiger charge is -2.21. The number of rotatable bonds is 4. The van der Waals surface area contributed by atoms with Crippen molar-refractivity contribution in [3.05, 3.63) is 30.1 Å². The fraction of sp³-hybridized carbons (Fsp3) is 0.643. The van der Waals surface area contributed by atoms with Crippen molar-refractivity contribution in [1.82, 2.24) is 10.3 Å². The van der Waals surface area contributed by atoms with Crippen LogP contribution in [0.15, 0.2) is 24.5 Å². The molecule has 0 bridgehead atoms. The molecule has 0 saturated heterocycles. The largest absolute Gasteiger partial charge is 0.314 e. The first-order valence-electron chi connectivity index (χ1n) is 6.43. The predicted octanol–water partition coefficient (Wildman–Crippen LogP) is 2.65. The van der Waals surface area contributed by atoms with Gasteiger partial charge < -0.3 is 5.32 Å². The van der Waals surface area contributed by atoms with Gasteiger partial charge in [-0.3, -0.25) is 4.98 Å². The van der Waals surface area contributed by atoms with E-state index < -0.39 is 0 Å². The smallest absolute Gasteiger partial charge is 0.0270 e. The number of hydrogen-bond donors (Lipinski definition) is 1. The number of pyridine rings is 1. The minimum absolute atomic E-state index is 0.733. The number of nitrogens with one attached hydrogen (secondary N) is 1. The van der Waals surface area contributed by atoms with Crippen molar-refractivity contribution in [2.45, 2.75) is 39.2 Å². The molecule has 0 aromatic carbocycles. The zero-order valence-electron chi connectivity index (χ0n) is 10.3. The number of hydrogen-bond acceptors (Lipinski definition) is 2. The summed E-state index contributed by atoms with van der Waals surface area (Å²) in [6.07, 6.45) is 7.71. The van der Waals surface area contributed by atoms with E-state index in [0.29, 0.717) is 0 Å².